The summed E-state index contributed by atoms with van der Waals surface area (Å²) in [4.78, 5) is 13.0. The predicted molar refractivity (Wildman–Crippen MR) is 113 cm³/mol. The number of aryl methyl sites for hydroxylation is 1. The Balaban J connectivity index is 1.47. The number of carbonyl (C=O) groups is 1. The van der Waals surface area contributed by atoms with Crippen molar-refractivity contribution < 1.29 is 13.2 Å². The van der Waals surface area contributed by atoms with Gasteiger partial charge in [-0.2, -0.15) is 4.31 Å². The van der Waals surface area contributed by atoms with Crippen molar-refractivity contribution in [2.45, 2.75) is 55.9 Å². The van der Waals surface area contributed by atoms with Crippen LogP contribution in [0.4, 0.5) is 0 Å². The van der Waals surface area contributed by atoms with E-state index >= 15 is 0 Å². The summed E-state index contributed by atoms with van der Waals surface area (Å²) in [5, 5.41) is 3.12. The minimum absolute atomic E-state index is 0.00737. The predicted octanol–water partition coefficient (Wildman–Crippen LogP) is 4.06. The van der Waals surface area contributed by atoms with E-state index in [1.54, 1.807) is 28.6 Å². The lowest BCUT2D eigenvalue weighted by atomic mass is 9.87. The highest BCUT2D eigenvalue weighted by molar-refractivity contribution is 7.89. The average Bonchev–Trinajstić information content (AvgIpc) is 3.04. The molecule has 1 aliphatic heterocycles. The van der Waals surface area contributed by atoms with Gasteiger partial charge in [0, 0.05) is 18.7 Å². The molecular weight excluding hydrogens is 384 g/mol. The molecule has 29 heavy (non-hydrogen) atoms. The monoisotopic (exact) mass is 412 g/mol. The Morgan fingerprint density at radius 1 is 0.897 bits per heavy atom. The van der Waals surface area contributed by atoms with E-state index in [-0.39, 0.29) is 16.8 Å². The van der Waals surface area contributed by atoms with Gasteiger partial charge in [0.05, 0.1) is 10.9 Å². The minimum Gasteiger partial charge on any atom is -0.345 e. The number of amides is 1. The third-order valence-electron chi connectivity index (χ3n) is 5.99. The van der Waals surface area contributed by atoms with E-state index in [9.17, 15) is 13.2 Å². The molecule has 1 saturated heterocycles. The van der Waals surface area contributed by atoms with Crippen LogP contribution in [-0.2, 0) is 16.4 Å². The lowest BCUT2D eigenvalue weighted by molar-refractivity contribution is 0.0932. The molecule has 1 heterocycles. The van der Waals surface area contributed by atoms with Crippen molar-refractivity contribution in [3.05, 3.63) is 65.2 Å². The molecule has 2 aliphatic rings. The summed E-state index contributed by atoms with van der Waals surface area (Å²) < 4.78 is 27.4. The van der Waals surface area contributed by atoms with E-state index in [0.717, 1.165) is 44.9 Å². The number of sulfonamides is 1. The second-order valence-corrected chi connectivity index (χ2v) is 9.90. The molecule has 6 heteroatoms. The van der Waals surface area contributed by atoms with E-state index in [1.807, 2.05) is 12.1 Å². The fraction of sp³-hybridized carbons (Fsp3) is 0.435. The largest absolute Gasteiger partial charge is 0.345 e. The van der Waals surface area contributed by atoms with E-state index in [4.69, 9.17) is 0 Å². The molecule has 154 valence electrons. The normalized spacial score (nSPS) is 20.5. The molecule has 1 amide bonds. The molecule has 0 spiro atoms. The summed E-state index contributed by atoms with van der Waals surface area (Å²) in [6.07, 6.45) is 6.99. The maximum Gasteiger partial charge on any atom is 0.251 e. The number of hydrogen-bond acceptors (Lipinski definition) is 3. The first-order chi connectivity index (χ1) is 14.1. The molecule has 1 fully saturated rings. The van der Waals surface area contributed by atoms with Gasteiger partial charge in [-0.1, -0.05) is 37.1 Å². The number of nitrogens with one attached hydrogen (secondary N) is 1. The Hall–Kier alpha value is -2.18. The van der Waals surface area contributed by atoms with Crippen molar-refractivity contribution in [1.29, 1.82) is 0 Å². The van der Waals surface area contributed by atoms with Crippen molar-refractivity contribution in [1.82, 2.24) is 9.62 Å². The number of benzene rings is 2. The van der Waals surface area contributed by atoms with Crippen LogP contribution in [0.1, 0.15) is 66.1 Å². The topological polar surface area (TPSA) is 66.5 Å². The van der Waals surface area contributed by atoms with Gasteiger partial charge < -0.3 is 5.32 Å². The SMILES string of the molecule is O=C(NC1CCCc2ccccc21)c1ccc(S(=O)(=O)N2CCCCCC2)cc1. The maximum absolute atomic E-state index is 12.9. The molecule has 5 nitrogen and oxygen atoms in total. The van der Waals surface area contributed by atoms with Crippen LogP contribution >= 0.6 is 0 Å². The van der Waals surface area contributed by atoms with Crippen molar-refractivity contribution in [3.63, 3.8) is 0 Å². The molecular formula is C23H28N2O3S. The average molecular weight is 413 g/mol. The number of hydrogen-bond donors (Lipinski definition) is 1. The molecule has 0 bridgehead atoms. The lowest BCUT2D eigenvalue weighted by Crippen LogP contribution is -2.32. The summed E-state index contributed by atoms with van der Waals surface area (Å²) in [6, 6.07) is 14.6. The molecule has 0 radical (unpaired) electrons. The Kier molecular flexibility index (Phi) is 6.01. The lowest BCUT2D eigenvalue weighted by Gasteiger charge is -2.26. The summed E-state index contributed by atoms with van der Waals surface area (Å²) in [5.41, 5.74) is 2.97. The van der Waals surface area contributed by atoms with Crippen molar-refractivity contribution in [3.8, 4) is 0 Å². The van der Waals surface area contributed by atoms with Gasteiger partial charge in [0.2, 0.25) is 10.0 Å². The summed E-state index contributed by atoms with van der Waals surface area (Å²) >= 11 is 0. The van der Waals surface area contributed by atoms with Gasteiger partial charge in [-0.25, -0.2) is 8.42 Å². The Morgan fingerprint density at radius 2 is 1.59 bits per heavy atom. The number of nitrogens with zero attached hydrogens (tertiary/aromatic N) is 1. The summed E-state index contributed by atoms with van der Waals surface area (Å²) in [6.45, 7) is 1.15. The smallest absolute Gasteiger partial charge is 0.251 e. The Bertz CT molecular complexity index is 962. The third kappa shape index (κ3) is 4.38. The van der Waals surface area contributed by atoms with E-state index in [0.29, 0.717) is 18.7 Å². The second-order valence-electron chi connectivity index (χ2n) is 7.96. The molecule has 1 aliphatic carbocycles. The molecule has 1 N–H and O–H groups in total. The zero-order chi connectivity index (χ0) is 20.3. The van der Waals surface area contributed by atoms with Crippen LogP contribution in [0.15, 0.2) is 53.4 Å². The van der Waals surface area contributed by atoms with Crippen LogP contribution in [0.25, 0.3) is 0 Å². The van der Waals surface area contributed by atoms with Gasteiger partial charge in [-0.15, -0.1) is 0 Å². The van der Waals surface area contributed by atoms with Crippen LogP contribution in [-0.4, -0.2) is 31.7 Å². The van der Waals surface area contributed by atoms with Gasteiger partial charge in [0.25, 0.3) is 5.91 Å². The van der Waals surface area contributed by atoms with E-state index < -0.39 is 10.0 Å². The molecule has 1 atom stereocenters. The highest BCUT2D eigenvalue weighted by Crippen LogP contribution is 2.29. The first-order valence-corrected chi connectivity index (χ1v) is 12.0. The van der Waals surface area contributed by atoms with Crippen LogP contribution in [0.5, 0.6) is 0 Å². The minimum atomic E-state index is -3.49. The van der Waals surface area contributed by atoms with Gasteiger partial charge in [0.15, 0.2) is 0 Å². The Labute approximate surface area is 173 Å². The first kappa shape index (κ1) is 20.1. The summed E-state index contributed by atoms with van der Waals surface area (Å²) in [5.74, 6) is -0.162. The van der Waals surface area contributed by atoms with Crippen LogP contribution in [0.3, 0.4) is 0 Å². The second kappa shape index (κ2) is 8.67. The van der Waals surface area contributed by atoms with Gasteiger partial charge >= 0.3 is 0 Å². The molecule has 2 aromatic carbocycles. The Morgan fingerprint density at radius 3 is 2.31 bits per heavy atom. The molecule has 0 aromatic heterocycles. The van der Waals surface area contributed by atoms with Crippen molar-refractivity contribution >= 4 is 15.9 Å². The van der Waals surface area contributed by atoms with Gasteiger partial charge in [0.1, 0.15) is 0 Å². The number of carbonyl (C=O) groups excluding carboxylic acids is 1. The van der Waals surface area contributed by atoms with E-state index in [1.165, 1.54) is 11.1 Å². The van der Waals surface area contributed by atoms with Crippen LogP contribution in [0, 0.1) is 0 Å². The maximum atomic E-state index is 12.9. The van der Waals surface area contributed by atoms with Gasteiger partial charge in [-0.05, 0) is 67.5 Å². The molecule has 4 rings (SSSR count). The van der Waals surface area contributed by atoms with Crippen molar-refractivity contribution in [2.24, 2.45) is 0 Å². The number of rotatable bonds is 4. The zero-order valence-corrected chi connectivity index (χ0v) is 17.5. The van der Waals surface area contributed by atoms with Crippen molar-refractivity contribution in [2.75, 3.05) is 13.1 Å². The molecule has 2 aromatic rings. The van der Waals surface area contributed by atoms with Crippen LogP contribution < -0.4 is 5.32 Å². The standard InChI is InChI=1S/C23H28N2O3S/c26-23(24-22-11-7-9-18-8-3-4-10-21(18)22)19-12-14-20(15-13-19)29(27,28)25-16-5-1-2-6-17-25/h3-4,8,10,12-15,22H,1-2,5-7,9,11,16-17H2,(H,24,26). The van der Waals surface area contributed by atoms with E-state index in [2.05, 4.69) is 17.4 Å². The highest BCUT2D eigenvalue weighted by atomic mass is 32.2. The fourth-order valence-corrected chi connectivity index (χ4v) is 5.87. The number of fused-ring (bicyclic) bond motifs is 1. The third-order valence-corrected chi connectivity index (χ3v) is 7.91. The molecule has 0 saturated carbocycles. The first-order valence-electron chi connectivity index (χ1n) is 10.5. The van der Waals surface area contributed by atoms with Crippen LogP contribution in [0.2, 0.25) is 0 Å². The fourth-order valence-electron chi connectivity index (χ4n) is 4.35. The zero-order valence-electron chi connectivity index (χ0n) is 16.6. The van der Waals surface area contributed by atoms with Gasteiger partial charge in [-0.3, -0.25) is 4.79 Å². The highest BCUT2D eigenvalue weighted by Gasteiger charge is 2.26. The summed E-state index contributed by atoms with van der Waals surface area (Å²) in [7, 11) is -3.49. The molecule has 1 unspecified atom stereocenters. The quantitative estimate of drug-likeness (QED) is 0.824.